The third-order valence-corrected chi connectivity index (χ3v) is 6.37. The number of amidine groups is 1. The quantitative estimate of drug-likeness (QED) is 0.0329. The molecule has 0 aliphatic heterocycles. The van der Waals surface area contributed by atoms with E-state index in [2.05, 4.69) is 41.0 Å². The van der Waals surface area contributed by atoms with Crippen molar-refractivity contribution in [2.45, 2.75) is 18.7 Å². The van der Waals surface area contributed by atoms with E-state index in [0.717, 1.165) is 17.7 Å². The van der Waals surface area contributed by atoms with Gasteiger partial charge in [0.25, 0.3) is 10.1 Å². The maximum atomic E-state index is 12.1. The molecule has 4 rings (SSSR count). The average Bonchev–Trinajstić information content (AvgIpc) is 2.94. The monoisotopic (exact) mass is 650 g/mol. The van der Waals surface area contributed by atoms with Gasteiger partial charge >= 0.3 is 17.1 Å². The third kappa shape index (κ3) is 8.39. The maximum Gasteiger partial charge on any atom is 2.00 e. The molecule has 1 radical (unpaired) electrons. The zero-order chi connectivity index (χ0) is 30.4. The Morgan fingerprint density at radius 3 is 2.40 bits per heavy atom. The smallest absolute Gasteiger partial charge is 0.571 e. The summed E-state index contributed by atoms with van der Waals surface area (Å²) in [5.74, 6) is 0.133. The number of nitrogens with one attached hydrogen (secondary N) is 1. The Labute approximate surface area is 258 Å². The number of rotatable bonds is 9. The van der Waals surface area contributed by atoms with Crippen LogP contribution in [0.3, 0.4) is 0 Å². The van der Waals surface area contributed by atoms with E-state index in [1.54, 1.807) is 80.7 Å². The second-order valence-electron chi connectivity index (χ2n) is 9.05. The van der Waals surface area contributed by atoms with Gasteiger partial charge in [0.05, 0.1) is 16.9 Å². The van der Waals surface area contributed by atoms with Crippen LogP contribution >= 0.6 is 0 Å². The molecule has 0 saturated carbocycles. The standard InChI is InChI=1S/C27H25N9O5S.Cu/c1-16-10-11-19(15-37)21(12-16)32-34-25(18-8-6-5-7-9-18)35-33-23-14-20(42(39,40)41)13-22(24(23)38)30-26-28-17(2)29-27(31-26)36(3)4;/h5-14H,1-4H3,(H3-,28,29,30,31,32,33,34,35,37,38,39,40,41);/q-2;+2. The number of phenols is 1. The summed E-state index contributed by atoms with van der Waals surface area (Å²) in [5, 5.41) is 26.2. The SMILES string of the molecule is Cc1ccc([C-]=O)c(N=NC(=N[N-]c2cc(S(=O)(=O)O)cc(Nc3nc(C)nc(N(C)C)n3)c2O)c2ccccc2)c1.[Cu+2]. The Hall–Kier alpha value is -4.76. The number of aryl methyl sites for hydroxylation is 2. The van der Waals surface area contributed by atoms with Crippen molar-refractivity contribution < 1.29 is 39.9 Å². The zero-order valence-electron chi connectivity index (χ0n) is 23.2. The predicted octanol–water partition coefficient (Wildman–Crippen LogP) is 4.86. The molecule has 0 aliphatic carbocycles. The first-order valence-corrected chi connectivity index (χ1v) is 13.6. The van der Waals surface area contributed by atoms with Crippen molar-refractivity contribution in [2.75, 3.05) is 24.3 Å². The van der Waals surface area contributed by atoms with Gasteiger partial charge in [-0.1, -0.05) is 53.7 Å². The van der Waals surface area contributed by atoms with Crippen LogP contribution in [0.15, 0.2) is 80.9 Å². The van der Waals surface area contributed by atoms with Crippen LogP contribution in [-0.4, -0.2) is 59.2 Å². The predicted molar refractivity (Wildman–Crippen MR) is 157 cm³/mol. The molecule has 0 unspecified atom stereocenters. The van der Waals surface area contributed by atoms with Crippen LogP contribution in [0, 0.1) is 13.8 Å². The summed E-state index contributed by atoms with van der Waals surface area (Å²) in [6, 6.07) is 15.5. The van der Waals surface area contributed by atoms with E-state index in [0.29, 0.717) is 17.3 Å². The van der Waals surface area contributed by atoms with Crippen LogP contribution in [0.5, 0.6) is 5.75 Å². The van der Waals surface area contributed by atoms with Gasteiger partial charge in [-0.25, -0.2) is 5.11 Å². The molecule has 0 saturated heterocycles. The van der Waals surface area contributed by atoms with Gasteiger partial charge in [0.15, 0.2) is 5.84 Å². The minimum atomic E-state index is -4.73. The van der Waals surface area contributed by atoms with Crippen molar-refractivity contribution in [1.82, 2.24) is 15.0 Å². The molecule has 0 bridgehead atoms. The molecule has 1 aromatic heterocycles. The number of hydrogen-bond acceptors (Lipinski definition) is 11. The van der Waals surface area contributed by atoms with Crippen LogP contribution in [0.4, 0.5) is 29.0 Å². The molecule has 0 atom stereocenters. The van der Waals surface area contributed by atoms with Crippen molar-refractivity contribution in [3.8, 4) is 5.75 Å². The van der Waals surface area contributed by atoms with E-state index < -0.39 is 20.8 Å². The minimum absolute atomic E-state index is 0. The van der Waals surface area contributed by atoms with Gasteiger partial charge in [0.2, 0.25) is 11.9 Å². The van der Waals surface area contributed by atoms with E-state index in [4.69, 9.17) is 0 Å². The number of anilines is 3. The second kappa shape index (κ2) is 13.9. The maximum absolute atomic E-state index is 12.1. The van der Waals surface area contributed by atoms with Gasteiger partial charge in [-0.15, -0.1) is 16.7 Å². The average molecular weight is 651 g/mol. The Bertz CT molecular complexity index is 1800. The van der Waals surface area contributed by atoms with Crippen LogP contribution < -0.4 is 10.2 Å². The zero-order valence-corrected chi connectivity index (χ0v) is 24.9. The fraction of sp³-hybridized carbons (Fsp3) is 0.148. The molecule has 225 valence electrons. The van der Waals surface area contributed by atoms with Crippen LogP contribution in [0.25, 0.3) is 5.43 Å². The number of phenolic OH excluding ortho intramolecular Hbond substituents is 1. The Balaban J connectivity index is 0.00000506. The number of benzene rings is 3. The molecule has 14 nitrogen and oxygen atoms in total. The Kier molecular flexibility index (Phi) is 10.6. The topological polar surface area (TPSA) is 197 Å². The summed E-state index contributed by atoms with van der Waals surface area (Å²) in [4.78, 5) is 25.0. The molecule has 4 aromatic rings. The van der Waals surface area contributed by atoms with Gasteiger partial charge in [0.1, 0.15) is 11.6 Å². The molecule has 0 fully saturated rings. The molecule has 1 heterocycles. The number of azo groups is 1. The van der Waals surface area contributed by atoms with E-state index in [1.807, 2.05) is 6.92 Å². The Morgan fingerprint density at radius 2 is 1.74 bits per heavy atom. The van der Waals surface area contributed by atoms with Crippen molar-refractivity contribution in [3.05, 3.63) is 88.6 Å². The Morgan fingerprint density at radius 1 is 1.02 bits per heavy atom. The number of nitrogens with zero attached hydrogens (tertiary/aromatic N) is 8. The van der Waals surface area contributed by atoms with Gasteiger partial charge in [-0.05, 0) is 25.6 Å². The van der Waals surface area contributed by atoms with Gasteiger partial charge in [0, 0.05) is 19.7 Å². The summed E-state index contributed by atoms with van der Waals surface area (Å²) in [5.41, 5.74) is 5.28. The molecule has 0 aliphatic rings. The first-order chi connectivity index (χ1) is 19.9. The molecule has 0 spiro atoms. The summed E-state index contributed by atoms with van der Waals surface area (Å²) in [6.45, 7) is 3.46. The molecule has 0 amide bonds. The van der Waals surface area contributed by atoms with Crippen molar-refractivity contribution in [3.63, 3.8) is 0 Å². The summed E-state index contributed by atoms with van der Waals surface area (Å²) in [7, 11) is -1.29. The van der Waals surface area contributed by atoms with Crippen LogP contribution in [-0.2, 0) is 32.0 Å². The third-order valence-electron chi connectivity index (χ3n) is 5.54. The molecule has 3 aromatic carbocycles. The summed E-state index contributed by atoms with van der Waals surface area (Å²) in [6.07, 6.45) is 1.81. The minimum Gasteiger partial charge on any atom is -0.571 e. The van der Waals surface area contributed by atoms with Crippen LogP contribution in [0.2, 0.25) is 0 Å². The first-order valence-electron chi connectivity index (χ1n) is 12.2. The van der Waals surface area contributed by atoms with Crippen molar-refractivity contribution in [1.29, 1.82) is 0 Å². The molecule has 43 heavy (non-hydrogen) atoms. The van der Waals surface area contributed by atoms with Crippen molar-refractivity contribution in [2.24, 2.45) is 15.3 Å². The summed E-state index contributed by atoms with van der Waals surface area (Å²) >= 11 is 0. The fourth-order valence-electron chi connectivity index (χ4n) is 3.49. The molecular weight excluding hydrogens is 626 g/mol. The molecule has 3 N–H and O–H groups in total. The molecule has 16 heteroatoms. The fourth-order valence-corrected chi connectivity index (χ4v) is 4.02. The van der Waals surface area contributed by atoms with Crippen molar-refractivity contribution >= 4 is 51.2 Å². The van der Waals surface area contributed by atoms with E-state index in [9.17, 15) is 22.9 Å². The van der Waals surface area contributed by atoms with E-state index in [-0.39, 0.29) is 51.5 Å². The number of aromatic hydroxyl groups is 1. The number of hydrogen-bond donors (Lipinski definition) is 3. The van der Waals surface area contributed by atoms with Gasteiger partial charge in [-0.2, -0.15) is 29.4 Å². The van der Waals surface area contributed by atoms with Crippen LogP contribution in [0.1, 0.15) is 22.5 Å². The van der Waals surface area contributed by atoms with E-state index >= 15 is 0 Å². The number of aromatic nitrogens is 3. The van der Waals surface area contributed by atoms with E-state index in [1.165, 1.54) is 0 Å². The number of carbonyl (C=O) groups excluding carboxylic acids is 1. The van der Waals surface area contributed by atoms with Gasteiger partial charge < -0.3 is 30.6 Å². The normalized spacial score (nSPS) is 11.6. The molecular formula is C27H25CuN9O5S. The first kappa shape index (κ1) is 32.8. The summed E-state index contributed by atoms with van der Waals surface area (Å²) < 4.78 is 33.9. The van der Waals surface area contributed by atoms with Gasteiger partial charge in [-0.3, -0.25) is 4.55 Å². The largest absolute Gasteiger partial charge is 2.00 e. The second-order valence-corrected chi connectivity index (χ2v) is 10.5.